The molecule has 3 rings (SSSR count). The van der Waals surface area contributed by atoms with E-state index in [2.05, 4.69) is 22.1 Å². The number of rotatable bonds is 4. The number of aromatic nitrogens is 1. The van der Waals surface area contributed by atoms with Gasteiger partial charge in [0.05, 0.1) is 18.2 Å². The smallest absolute Gasteiger partial charge is 0.317 e. The van der Waals surface area contributed by atoms with E-state index in [4.69, 9.17) is 4.74 Å². The lowest BCUT2D eigenvalue weighted by Gasteiger charge is -2.32. The zero-order valence-corrected chi connectivity index (χ0v) is 13.9. The molecule has 3 heterocycles. The van der Waals surface area contributed by atoms with Crippen LogP contribution in [0.4, 0.5) is 4.79 Å². The lowest BCUT2D eigenvalue weighted by molar-refractivity contribution is 0.0191. The highest BCUT2D eigenvalue weighted by Gasteiger charge is 2.30. The third-order valence-corrected chi connectivity index (χ3v) is 5.27. The SMILES string of the molecule is Cc1cnc(CCNC(=O)N2CCC(N3CCOCC3)C2)s1. The molecule has 2 fully saturated rings. The van der Waals surface area contributed by atoms with E-state index in [0.29, 0.717) is 12.6 Å². The molecule has 2 aliphatic heterocycles. The molecule has 7 heteroatoms. The maximum Gasteiger partial charge on any atom is 0.317 e. The minimum atomic E-state index is 0.0593. The van der Waals surface area contributed by atoms with E-state index in [9.17, 15) is 4.79 Å². The number of likely N-dealkylation sites (tertiary alicyclic amines) is 1. The summed E-state index contributed by atoms with van der Waals surface area (Å²) in [5.41, 5.74) is 0. The van der Waals surface area contributed by atoms with E-state index in [1.54, 1.807) is 11.3 Å². The van der Waals surface area contributed by atoms with E-state index in [1.165, 1.54) is 4.88 Å². The average molecular weight is 324 g/mol. The Balaban J connectivity index is 1.39. The second-order valence-corrected chi connectivity index (χ2v) is 7.20. The Bertz CT molecular complexity index is 501. The molecule has 2 saturated heterocycles. The fourth-order valence-electron chi connectivity index (χ4n) is 3.07. The molecule has 6 nitrogen and oxygen atoms in total. The van der Waals surface area contributed by atoms with Gasteiger partial charge in [0, 0.05) is 56.3 Å². The van der Waals surface area contributed by atoms with Gasteiger partial charge in [-0.1, -0.05) is 0 Å². The van der Waals surface area contributed by atoms with Crippen LogP contribution in [0.15, 0.2) is 6.20 Å². The molecular weight excluding hydrogens is 300 g/mol. The zero-order chi connectivity index (χ0) is 15.4. The Morgan fingerprint density at radius 2 is 2.27 bits per heavy atom. The number of hydrogen-bond acceptors (Lipinski definition) is 5. The first kappa shape index (κ1) is 15.7. The number of nitrogens with zero attached hydrogens (tertiary/aromatic N) is 3. The van der Waals surface area contributed by atoms with Crippen molar-refractivity contribution in [2.24, 2.45) is 0 Å². The molecule has 1 N–H and O–H groups in total. The second-order valence-electron chi connectivity index (χ2n) is 5.88. The van der Waals surface area contributed by atoms with Gasteiger partial charge >= 0.3 is 6.03 Å². The number of urea groups is 1. The Labute approximate surface area is 135 Å². The average Bonchev–Trinajstić information content (AvgIpc) is 3.17. The largest absolute Gasteiger partial charge is 0.379 e. The van der Waals surface area contributed by atoms with Crippen LogP contribution < -0.4 is 5.32 Å². The fraction of sp³-hybridized carbons (Fsp3) is 0.733. The molecule has 1 aromatic rings. The summed E-state index contributed by atoms with van der Waals surface area (Å²) in [5.74, 6) is 0. The molecule has 22 heavy (non-hydrogen) atoms. The van der Waals surface area contributed by atoms with Crippen molar-refractivity contribution >= 4 is 17.4 Å². The van der Waals surface area contributed by atoms with Crippen LogP contribution in [0.5, 0.6) is 0 Å². The van der Waals surface area contributed by atoms with Crippen molar-refractivity contribution in [1.82, 2.24) is 20.1 Å². The van der Waals surface area contributed by atoms with Crippen LogP contribution in [0.3, 0.4) is 0 Å². The highest BCUT2D eigenvalue weighted by molar-refractivity contribution is 7.11. The van der Waals surface area contributed by atoms with Crippen molar-refractivity contribution in [1.29, 1.82) is 0 Å². The molecule has 122 valence electrons. The number of nitrogens with one attached hydrogen (secondary N) is 1. The van der Waals surface area contributed by atoms with Gasteiger partial charge in [-0.2, -0.15) is 0 Å². The monoisotopic (exact) mass is 324 g/mol. The molecule has 1 unspecified atom stereocenters. The predicted molar refractivity (Wildman–Crippen MR) is 86.3 cm³/mol. The van der Waals surface area contributed by atoms with Crippen LogP contribution in [0, 0.1) is 6.92 Å². The topological polar surface area (TPSA) is 57.7 Å². The summed E-state index contributed by atoms with van der Waals surface area (Å²) < 4.78 is 5.39. The van der Waals surface area contributed by atoms with Gasteiger partial charge in [-0.25, -0.2) is 9.78 Å². The predicted octanol–water partition coefficient (Wildman–Crippen LogP) is 1.11. The summed E-state index contributed by atoms with van der Waals surface area (Å²) in [6, 6.07) is 0.556. The summed E-state index contributed by atoms with van der Waals surface area (Å²) in [5, 5.41) is 4.10. The van der Waals surface area contributed by atoms with Gasteiger partial charge in [0.25, 0.3) is 0 Å². The summed E-state index contributed by atoms with van der Waals surface area (Å²) in [7, 11) is 0. The molecule has 0 aliphatic carbocycles. The lowest BCUT2D eigenvalue weighted by atomic mass is 10.2. The van der Waals surface area contributed by atoms with Crippen LogP contribution >= 0.6 is 11.3 Å². The van der Waals surface area contributed by atoms with Gasteiger partial charge in [0.1, 0.15) is 0 Å². The second kappa shape index (κ2) is 7.39. The van der Waals surface area contributed by atoms with Crippen LogP contribution in [-0.2, 0) is 11.2 Å². The first-order chi connectivity index (χ1) is 10.7. The van der Waals surface area contributed by atoms with Crippen molar-refractivity contribution in [3.05, 3.63) is 16.1 Å². The number of ether oxygens (including phenoxy) is 1. The Morgan fingerprint density at radius 3 is 3.00 bits per heavy atom. The van der Waals surface area contributed by atoms with Crippen molar-refractivity contribution in [2.75, 3.05) is 45.9 Å². The summed E-state index contributed by atoms with van der Waals surface area (Å²) in [6.45, 7) is 8.01. The van der Waals surface area contributed by atoms with Crippen molar-refractivity contribution in [3.8, 4) is 0 Å². The summed E-state index contributed by atoms with van der Waals surface area (Å²) in [4.78, 5) is 22.2. The Kier molecular flexibility index (Phi) is 5.28. The number of carbonyl (C=O) groups excluding carboxylic acids is 1. The minimum absolute atomic E-state index is 0.0593. The number of carbonyl (C=O) groups is 1. The molecule has 0 spiro atoms. The van der Waals surface area contributed by atoms with Crippen LogP contribution in [0.25, 0.3) is 0 Å². The number of morpholine rings is 1. The van der Waals surface area contributed by atoms with Gasteiger partial charge in [-0.3, -0.25) is 4.90 Å². The molecule has 2 amide bonds. The lowest BCUT2D eigenvalue weighted by Crippen LogP contribution is -2.46. The standard InChI is InChI=1S/C15H24N4O2S/c1-12-10-17-14(22-12)2-4-16-15(20)19-5-3-13(11-19)18-6-8-21-9-7-18/h10,13H,2-9,11H2,1H3,(H,16,20). The number of hydrogen-bond donors (Lipinski definition) is 1. The third-order valence-electron chi connectivity index (χ3n) is 4.30. The quantitative estimate of drug-likeness (QED) is 0.901. The highest BCUT2D eigenvalue weighted by atomic mass is 32.1. The fourth-order valence-corrected chi connectivity index (χ4v) is 3.86. The van der Waals surface area contributed by atoms with Crippen LogP contribution in [-0.4, -0.2) is 72.8 Å². The van der Waals surface area contributed by atoms with Gasteiger partial charge < -0.3 is 15.0 Å². The first-order valence-corrected chi connectivity index (χ1v) is 8.80. The normalized spacial score (nSPS) is 23.0. The van der Waals surface area contributed by atoms with Gasteiger partial charge in [-0.15, -0.1) is 11.3 Å². The molecular formula is C15H24N4O2S. The third kappa shape index (κ3) is 3.97. The zero-order valence-electron chi connectivity index (χ0n) is 13.1. The molecule has 2 aliphatic rings. The van der Waals surface area contributed by atoms with E-state index in [0.717, 1.165) is 57.2 Å². The molecule has 0 bridgehead atoms. The first-order valence-electron chi connectivity index (χ1n) is 7.98. The maximum absolute atomic E-state index is 12.2. The number of thiazole rings is 1. The molecule has 0 saturated carbocycles. The maximum atomic E-state index is 12.2. The number of aryl methyl sites for hydroxylation is 1. The van der Waals surface area contributed by atoms with E-state index < -0.39 is 0 Å². The van der Waals surface area contributed by atoms with Gasteiger partial charge in [-0.05, 0) is 13.3 Å². The Morgan fingerprint density at radius 1 is 1.45 bits per heavy atom. The van der Waals surface area contributed by atoms with Crippen molar-refractivity contribution in [3.63, 3.8) is 0 Å². The van der Waals surface area contributed by atoms with Gasteiger partial charge in [0.15, 0.2) is 0 Å². The van der Waals surface area contributed by atoms with Crippen molar-refractivity contribution < 1.29 is 9.53 Å². The van der Waals surface area contributed by atoms with Gasteiger partial charge in [0.2, 0.25) is 0 Å². The van der Waals surface area contributed by atoms with E-state index >= 15 is 0 Å². The molecule has 0 aromatic carbocycles. The minimum Gasteiger partial charge on any atom is -0.379 e. The molecule has 1 aromatic heterocycles. The van der Waals surface area contributed by atoms with Crippen LogP contribution in [0.2, 0.25) is 0 Å². The molecule has 0 radical (unpaired) electrons. The van der Waals surface area contributed by atoms with Crippen LogP contribution in [0.1, 0.15) is 16.3 Å². The van der Waals surface area contributed by atoms with E-state index in [-0.39, 0.29) is 6.03 Å². The summed E-state index contributed by atoms with van der Waals surface area (Å²) in [6.07, 6.45) is 3.76. The Hall–Kier alpha value is -1.18. The van der Waals surface area contributed by atoms with E-state index in [1.807, 2.05) is 11.1 Å². The van der Waals surface area contributed by atoms with Crippen molar-refractivity contribution in [2.45, 2.75) is 25.8 Å². The highest BCUT2D eigenvalue weighted by Crippen LogP contribution is 2.17. The molecule has 1 atom stereocenters. The number of amides is 2. The summed E-state index contributed by atoms with van der Waals surface area (Å²) >= 11 is 1.70.